The monoisotopic (exact) mass is 330 g/mol. The fourth-order valence-corrected chi connectivity index (χ4v) is 2.53. The Labute approximate surface area is 121 Å². The standard InChI is InChI=1S/C13H16BrClN2O/c1-9-4-6-17(7-5-9)13(18)16-12-8-10(14)2-3-11(12)15/h2-3,8-9H,4-7H2,1H3,(H,16,18). The number of likely N-dealkylation sites (tertiary alicyclic amines) is 1. The molecule has 0 radical (unpaired) electrons. The molecular weight excluding hydrogens is 316 g/mol. The molecule has 1 aliphatic heterocycles. The predicted octanol–water partition coefficient (Wildman–Crippen LogP) is 4.37. The molecule has 0 aliphatic carbocycles. The number of amides is 2. The van der Waals surface area contributed by atoms with Crippen LogP contribution in [0, 0.1) is 5.92 Å². The second-order valence-electron chi connectivity index (χ2n) is 4.72. The number of rotatable bonds is 1. The normalized spacial score (nSPS) is 16.7. The number of hydrogen-bond donors (Lipinski definition) is 1. The molecule has 1 heterocycles. The topological polar surface area (TPSA) is 32.3 Å². The first kappa shape index (κ1) is 13.7. The van der Waals surface area contributed by atoms with Crippen molar-refractivity contribution in [1.29, 1.82) is 0 Å². The van der Waals surface area contributed by atoms with E-state index in [1.807, 2.05) is 17.0 Å². The van der Waals surface area contributed by atoms with Crippen molar-refractivity contribution in [2.45, 2.75) is 19.8 Å². The van der Waals surface area contributed by atoms with Crippen LogP contribution in [0.15, 0.2) is 22.7 Å². The van der Waals surface area contributed by atoms with Gasteiger partial charge in [-0.15, -0.1) is 0 Å². The molecular formula is C13H16BrClN2O. The molecule has 0 aromatic heterocycles. The summed E-state index contributed by atoms with van der Waals surface area (Å²) in [5.74, 6) is 0.712. The number of halogens is 2. The first-order valence-corrected chi connectivity index (χ1v) is 7.24. The second kappa shape index (κ2) is 5.93. The number of nitrogens with zero attached hydrogens (tertiary/aromatic N) is 1. The van der Waals surface area contributed by atoms with Gasteiger partial charge >= 0.3 is 6.03 Å². The van der Waals surface area contributed by atoms with Gasteiger partial charge in [0.15, 0.2) is 0 Å². The molecule has 3 nitrogen and oxygen atoms in total. The van der Waals surface area contributed by atoms with Crippen molar-refractivity contribution in [2.75, 3.05) is 18.4 Å². The summed E-state index contributed by atoms with van der Waals surface area (Å²) in [5, 5.41) is 3.41. The van der Waals surface area contributed by atoms with Crippen molar-refractivity contribution >= 4 is 39.2 Å². The van der Waals surface area contributed by atoms with Crippen molar-refractivity contribution in [3.8, 4) is 0 Å². The molecule has 0 unspecified atom stereocenters. The Morgan fingerprint density at radius 2 is 2.11 bits per heavy atom. The molecule has 1 aromatic rings. The van der Waals surface area contributed by atoms with E-state index in [0.29, 0.717) is 16.6 Å². The number of carbonyl (C=O) groups excluding carboxylic acids is 1. The van der Waals surface area contributed by atoms with Gasteiger partial charge in [-0.25, -0.2) is 4.79 Å². The maximum atomic E-state index is 12.1. The average molecular weight is 332 g/mol. The maximum absolute atomic E-state index is 12.1. The molecule has 0 saturated carbocycles. The lowest BCUT2D eigenvalue weighted by Gasteiger charge is -2.30. The minimum Gasteiger partial charge on any atom is -0.325 e. The van der Waals surface area contributed by atoms with E-state index in [4.69, 9.17) is 11.6 Å². The van der Waals surface area contributed by atoms with Crippen molar-refractivity contribution in [3.63, 3.8) is 0 Å². The van der Waals surface area contributed by atoms with Gasteiger partial charge < -0.3 is 10.2 Å². The van der Waals surface area contributed by atoms with Crippen LogP contribution in [0.1, 0.15) is 19.8 Å². The van der Waals surface area contributed by atoms with Crippen LogP contribution in [0.5, 0.6) is 0 Å². The van der Waals surface area contributed by atoms with Gasteiger partial charge in [0.25, 0.3) is 0 Å². The third-order valence-corrected chi connectivity index (χ3v) is 4.06. The molecule has 1 aromatic carbocycles. The summed E-state index contributed by atoms with van der Waals surface area (Å²) in [6.07, 6.45) is 2.14. The van der Waals surface area contributed by atoms with Crippen molar-refractivity contribution in [2.24, 2.45) is 5.92 Å². The number of hydrogen-bond acceptors (Lipinski definition) is 1. The molecule has 0 spiro atoms. The molecule has 1 saturated heterocycles. The third kappa shape index (κ3) is 3.39. The van der Waals surface area contributed by atoms with E-state index in [0.717, 1.165) is 30.4 Å². The summed E-state index contributed by atoms with van der Waals surface area (Å²) in [4.78, 5) is 13.9. The number of carbonyl (C=O) groups is 1. The van der Waals surface area contributed by atoms with E-state index in [2.05, 4.69) is 28.2 Å². The zero-order valence-corrected chi connectivity index (χ0v) is 12.6. The largest absolute Gasteiger partial charge is 0.325 e. The quantitative estimate of drug-likeness (QED) is 0.814. The van der Waals surface area contributed by atoms with E-state index in [1.54, 1.807) is 6.07 Å². The fourth-order valence-electron chi connectivity index (χ4n) is 2.00. The maximum Gasteiger partial charge on any atom is 0.321 e. The van der Waals surface area contributed by atoms with Crippen molar-refractivity contribution < 1.29 is 4.79 Å². The van der Waals surface area contributed by atoms with Crippen LogP contribution in [-0.4, -0.2) is 24.0 Å². The predicted molar refractivity (Wildman–Crippen MR) is 78.1 cm³/mol. The Bertz CT molecular complexity index is 445. The van der Waals surface area contributed by atoms with Gasteiger partial charge in [-0.3, -0.25) is 0 Å². The molecule has 2 amide bonds. The number of nitrogens with one attached hydrogen (secondary N) is 1. The lowest BCUT2D eigenvalue weighted by molar-refractivity contribution is 0.186. The Hall–Kier alpha value is -0.740. The fraction of sp³-hybridized carbons (Fsp3) is 0.462. The summed E-state index contributed by atoms with van der Waals surface area (Å²) in [6.45, 7) is 3.86. The van der Waals surface area contributed by atoms with E-state index in [1.165, 1.54) is 0 Å². The average Bonchev–Trinajstić information content (AvgIpc) is 2.34. The van der Waals surface area contributed by atoms with Crippen molar-refractivity contribution in [1.82, 2.24) is 4.90 Å². The number of benzene rings is 1. The summed E-state index contributed by atoms with van der Waals surface area (Å²) < 4.78 is 0.898. The van der Waals surface area contributed by atoms with E-state index >= 15 is 0 Å². The Kier molecular flexibility index (Phi) is 4.51. The van der Waals surface area contributed by atoms with Crippen LogP contribution in [0.4, 0.5) is 10.5 Å². The minimum absolute atomic E-state index is 0.0677. The zero-order chi connectivity index (χ0) is 13.1. The summed E-state index contributed by atoms with van der Waals surface area (Å²) >= 11 is 9.41. The van der Waals surface area contributed by atoms with Crippen LogP contribution < -0.4 is 5.32 Å². The Morgan fingerprint density at radius 3 is 2.78 bits per heavy atom. The number of piperidine rings is 1. The van der Waals surface area contributed by atoms with Gasteiger partial charge in [-0.05, 0) is 37.0 Å². The molecule has 1 aliphatic rings. The highest BCUT2D eigenvalue weighted by Gasteiger charge is 2.20. The minimum atomic E-state index is -0.0677. The number of urea groups is 1. The van der Waals surface area contributed by atoms with Gasteiger partial charge in [0.2, 0.25) is 0 Å². The molecule has 98 valence electrons. The van der Waals surface area contributed by atoms with Crippen LogP contribution in [0.25, 0.3) is 0 Å². The van der Waals surface area contributed by atoms with Gasteiger partial charge in [0.05, 0.1) is 10.7 Å². The van der Waals surface area contributed by atoms with Crippen molar-refractivity contribution in [3.05, 3.63) is 27.7 Å². The highest BCUT2D eigenvalue weighted by atomic mass is 79.9. The molecule has 1 N–H and O–H groups in total. The summed E-state index contributed by atoms with van der Waals surface area (Å²) in [6, 6.07) is 5.36. The Morgan fingerprint density at radius 1 is 1.44 bits per heavy atom. The van der Waals surface area contributed by atoms with Gasteiger partial charge in [-0.2, -0.15) is 0 Å². The van der Waals surface area contributed by atoms with Crippen LogP contribution >= 0.6 is 27.5 Å². The third-order valence-electron chi connectivity index (χ3n) is 3.24. The van der Waals surface area contributed by atoms with E-state index < -0.39 is 0 Å². The lowest BCUT2D eigenvalue weighted by atomic mass is 10.00. The lowest BCUT2D eigenvalue weighted by Crippen LogP contribution is -2.40. The highest BCUT2D eigenvalue weighted by Crippen LogP contribution is 2.26. The van der Waals surface area contributed by atoms with E-state index in [-0.39, 0.29) is 6.03 Å². The first-order chi connectivity index (χ1) is 8.56. The highest BCUT2D eigenvalue weighted by molar-refractivity contribution is 9.10. The van der Waals surface area contributed by atoms with E-state index in [9.17, 15) is 4.79 Å². The first-order valence-electron chi connectivity index (χ1n) is 6.07. The smallest absolute Gasteiger partial charge is 0.321 e. The van der Waals surface area contributed by atoms with Crippen LogP contribution in [0.2, 0.25) is 5.02 Å². The summed E-state index contributed by atoms with van der Waals surface area (Å²) in [7, 11) is 0. The van der Waals surface area contributed by atoms with Crippen LogP contribution in [-0.2, 0) is 0 Å². The second-order valence-corrected chi connectivity index (χ2v) is 6.05. The Balaban J connectivity index is 2.00. The number of anilines is 1. The molecule has 0 bridgehead atoms. The molecule has 18 heavy (non-hydrogen) atoms. The van der Waals surface area contributed by atoms with Gasteiger partial charge in [-0.1, -0.05) is 34.5 Å². The SMILES string of the molecule is CC1CCN(C(=O)Nc2cc(Br)ccc2Cl)CC1. The van der Waals surface area contributed by atoms with Gasteiger partial charge in [0.1, 0.15) is 0 Å². The molecule has 2 rings (SSSR count). The molecule has 0 atom stereocenters. The summed E-state index contributed by atoms with van der Waals surface area (Å²) in [5.41, 5.74) is 0.648. The molecule has 5 heteroatoms. The van der Waals surface area contributed by atoms with Gasteiger partial charge in [0, 0.05) is 17.6 Å². The molecule has 1 fully saturated rings. The zero-order valence-electron chi connectivity index (χ0n) is 10.2. The van der Waals surface area contributed by atoms with Crippen LogP contribution in [0.3, 0.4) is 0 Å².